The zero-order valence-electron chi connectivity index (χ0n) is 14.5. The molecule has 0 aliphatic carbocycles. The third-order valence-electron chi connectivity index (χ3n) is 3.67. The zero-order valence-corrected chi connectivity index (χ0v) is 15.3. The highest BCUT2D eigenvalue weighted by atomic mass is 32.2. The molecular formula is C17H28N2O3S. The molecular weight excluding hydrogens is 312 g/mol. The summed E-state index contributed by atoms with van der Waals surface area (Å²) < 4.78 is 27.0. The van der Waals surface area contributed by atoms with Gasteiger partial charge in [0, 0.05) is 24.7 Å². The van der Waals surface area contributed by atoms with E-state index in [4.69, 9.17) is 0 Å². The minimum absolute atomic E-state index is 0.0550. The molecule has 6 heteroatoms. The van der Waals surface area contributed by atoms with Crippen LogP contribution in [0.2, 0.25) is 0 Å². The summed E-state index contributed by atoms with van der Waals surface area (Å²) in [6.07, 6.45) is 2.34. The van der Waals surface area contributed by atoms with Gasteiger partial charge in [-0.05, 0) is 44.4 Å². The third kappa shape index (κ3) is 5.32. The van der Waals surface area contributed by atoms with Crippen LogP contribution in [-0.4, -0.2) is 37.8 Å². The van der Waals surface area contributed by atoms with Crippen LogP contribution in [0.4, 0.5) is 0 Å². The van der Waals surface area contributed by atoms with E-state index in [9.17, 15) is 13.2 Å². The van der Waals surface area contributed by atoms with Crippen LogP contribution in [0.5, 0.6) is 0 Å². The quantitative estimate of drug-likeness (QED) is 0.751. The van der Waals surface area contributed by atoms with Gasteiger partial charge in [-0.1, -0.05) is 26.8 Å². The van der Waals surface area contributed by atoms with E-state index in [-0.39, 0.29) is 16.8 Å². The Hall–Kier alpha value is -1.40. The Balaban J connectivity index is 3.08. The molecule has 1 aromatic rings. The van der Waals surface area contributed by atoms with Crippen molar-refractivity contribution in [2.24, 2.45) is 0 Å². The minimum Gasteiger partial charge on any atom is -0.350 e. The molecule has 0 aliphatic heterocycles. The Bertz CT molecular complexity index is 608. The van der Waals surface area contributed by atoms with Crippen molar-refractivity contribution in [1.29, 1.82) is 0 Å². The van der Waals surface area contributed by atoms with E-state index in [0.717, 1.165) is 19.3 Å². The van der Waals surface area contributed by atoms with Crippen molar-refractivity contribution < 1.29 is 13.2 Å². The molecule has 0 aromatic heterocycles. The molecule has 1 atom stereocenters. The highest BCUT2D eigenvalue weighted by Gasteiger charge is 2.24. The number of carbonyl (C=O) groups is 1. The minimum atomic E-state index is -3.56. The summed E-state index contributed by atoms with van der Waals surface area (Å²) in [7, 11) is -3.56. The number of nitrogens with one attached hydrogen (secondary N) is 1. The van der Waals surface area contributed by atoms with E-state index in [1.165, 1.54) is 10.4 Å². The van der Waals surface area contributed by atoms with Gasteiger partial charge in [-0.2, -0.15) is 4.31 Å². The molecule has 1 N–H and O–H groups in total. The van der Waals surface area contributed by atoms with Crippen LogP contribution in [0.3, 0.4) is 0 Å². The number of sulfonamides is 1. The second-order valence-corrected chi connectivity index (χ2v) is 7.65. The SMILES string of the molecule is CCCN(CCC)S(=O)(=O)c1cccc(C(=O)NC(C)CC)c1. The Morgan fingerprint density at radius 3 is 2.30 bits per heavy atom. The monoisotopic (exact) mass is 340 g/mol. The first kappa shape index (κ1) is 19.6. The summed E-state index contributed by atoms with van der Waals surface area (Å²) in [5.74, 6) is -0.242. The molecule has 23 heavy (non-hydrogen) atoms. The molecule has 5 nitrogen and oxygen atoms in total. The van der Waals surface area contributed by atoms with Crippen molar-refractivity contribution in [2.45, 2.75) is 57.9 Å². The maximum Gasteiger partial charge on any atom is 0.251 e. The molecule has 130 valence electrons. The van der Waals surface area contributed by atoms with Crippen LogP contribution in [0.1, 0.15) is 57.3 Å². The predicted octanol–water partition coefficient (Wildman–Crippen LogP) is 3.03. The van der Waals surface area contributed by atoms with E-state index in [1.807, 2.05) is 27.7 Å². The number of carbonyl (C=O) groups excluding carboxylic acids is 1. The standard InChI is InChI=1S/C17H28N2O3S/c1-5-11-19(12-6-2)23(21,22)16-10-8-9-15(13-16)17(20)18-14(4)7-3/h8-10,13-14H,5-7,11-12H2,1-4H3,(H,18,20). The highest BCUT2D eigenvalue weighted by molar-refractivity contribution is 7.89. The first-order chi connectivity index (χ1) is 10.9. The van der Waals surface area contributed by atoms with Crippen LogP contribution >= 0.6 is 0 Å². The average molecular weight is 340 g/mol. The lowest BCUT2D eigenvalue weighted by molar-refractivity contribution is 0.0939. The number of nitrogens with zero attached hydrogens (tertiary/aromatic N) is 1. The Labute approximate surface area is 140 Å². The second-order valence-electron chi connectivity index (χ2n) is 5.71. The number of hydrogen-bond donors (Lipinski definition) is 1. The predicted molar refractivity (Wildman–Crippen MR) is 93.0 cm³/mol. The van der Waals surface area contributed by atoms with Gasteiger partial charge in [-0.3, -0.25) is 4.79 Å². The molecule has 1 aromatic carbocycles. The number of rotatable bonds is 9. The molecule has 0 radical (unpaired) electrons. The van der Waals surface area contributed by atoms with Crippen molar-refractivity contribution in [3.63, 3.8) is 0 Å². The van der Waals surface area contributed by atoms with Crippen molar-refractivity contribution in [2.75, 3.05) is 13.1 Å². The molecule has 0 aliphatic rings. The molecule has 0 fully saturated rings. The van der Waals surface area contributed by atoms with Gasteiger partial charge in [-0.25, -0.2) is 8.42 Å². The maximum atomic E-state index is 12.8. The smallest absolute Gasteiger partial charge is 0.251 e. The Kier molecular flexibility index (Phi) is 7.72. The topological polar surface area (TPSA) is 66.5 Å². The number of hydrogen-bond acceptors (Lipinski definition) is 3. The molecule has 0 saturated carbocycles. The molecule has 0 heterocycles. The summed E-state index contributed by atoms with van der Waals surface area (Å²) in [4.78, 5) is 12.4. The van der Waals surface area contributed by atoms with E-state index in [1.54, 1.807) is 18.2 Å². The Morgan fingerprint density at radius 1 is 1.17 bits per heavy atom. The van der Waals surface area contributed by atoms with Crippen molar-refractivity contribution in [1.82, 2.24) is 9.62 Å². The second kappa shape index (κ2) is 9.03. The van der Waals surface area contributed by atoms with Gasteiger partial charge in [0.25, 0.3) is 5.91 Å². The first-order valence-corrected chi connectivity index (χ1v) is 9.71. The molecule has 1 amide bonds. The third-order valence-corrected chi connectivity index (χ3v) is 5.56. The molecule has 1 unspecified atom stereocenters. The van der Waals surface area contributed by atoms with Gasteiger partial charge in [-0.15, -0.1) is 0 Å². The summed E-state index contributed by atoms with van der Waals surface area (Å²) >= 11 is 0. The normalized spacial score (nSPS) is 13.1. The van der Waals surface area contributed by atoms with Crippen LogP contribution in [0.25, 0.3) is 0 Å². The van der Waals surface area contributed by atoms with Crippen molar-refractivity contribution in [3.8, 4) is 0 Å². The van der Waals surface area contributed by atoms with Gasteiger partial charge in [0.1, 0.15) is 0 Å². The summed E-state index contributed by atoms with van der Waals surface area (Å²) in [6.45, 7) is 8.78. The number of benzene rings is 1. The average Bonchev–Trinajstić information content (AvgIpc) is 2.54. The van der Waals surface area contributed by atoms with Gasteiger partial charge in [0.05, 0.1) is 4.90 Å². The van der Waals surface area contributed by atoms with E-state index < -0.39 is 10.0 Å². The van der Waals surface area contributed by atoms with E-state index in [0.29, 0.717) is 18.7 Å². The fraction of sp³-hybridized carbons (Fsp3) is 0.588. The summed E-state index contributed by atoms with van der Waals surface area (Å²) in [6, 6.07) is 6.33. The van der Waals surface area contributed by atoms with Crippen LogP contribution in [-0.2, 0) is 10.0 Å². The summed E-state index contributed by atoms with van der Waals surface area (Å²) in [5, 5.41) is 2.86. The largest absolute Gasteiger partial charge is 0.350 e. The lowest BCUT2D eigenvalue weighted by Crippen LogP contribution is -2.33. The van der Waals surface area contributed by atoms with Gasteiger partial charge in [0.15, 0.2) is 0 Å². The van der Waals surface area contributed by atoms with E-state index in [2.05, 4.69) is 5.32 Å². The maximum absolute atomic E-state index is 12.8. The van der Waals surface area contributed by atoms with Crippen LogP contribution < -0.4 is 5.32 Å². The highest BCUT2D eigenvalue weighted by Crippen LogP contribution is 2.18. The van der Waals surface area contributed by atoms with Gasteiger partial charge < -0.3 is 5.32 Å². The van der Waals surface area contributed by atoms with Crippen LogP contribution in [0.15, 0.2) is 29.2 Å². The molecule has 1 rings (SSSR count). The van der Waals surface area contributed by atoms with Gasteiger partial charge in [0.2, 0.25) is 10.0 Å². The number of amides is 1. The van der Waals surface area contributed by atoms with Crippen molar-refractivity contribution >= 4 is 15.9 Å². The van der Waals surface area contributed by atoms with Crippen LogP contribution in [0, 0.1) is 0 Å². The van der Waals surface area contributed by atoms with Gasteiger partial charge >= 0.3 is 0 Å². The Morgan fingerprint density at radius 2 is 1.78 bits per heavy atom. The lowest BCUT2D eigenvalue weighted by atomic mass is 10.2. The molecule has 0 spiro atoms. The summed E-state index contributed by atoms with van der Waals surface area (Å²) in [5.41, 5.74) is 0.374. The molecule has 0 bridgehead atoms. The zero-order chi connectivity index (χ0) is 17.5. The first-order valence-electron chi connectivity index (χ1n) is 8.27. The van der Waals surface area contributed by atoms with E-state index >= 15 is 0 Å². The molecule has 0 saturated heterocycles. The fourth-order valence-electron chi connectivity index (χ4n) is 2.21. The van der Waals surface area contributed by atoms with Crippen molar-refractivity contribution in [3.05, 3.63) is 29.8 Å². The lowest BCUT2D eigenvalue weighted by Gasteiger charge is -2.21. The fourth-order valence-corrected chi connectivity index (χ4v) is 3.88.